The van der Waals surface area contributed by atoms with Crippen LogP contribution in [-0.4, -0.2) is 17.9 Å². The molecule has 0 saturated heterocycles. The van der Waals surface area contributed by atoms with E-state index in [0.717, 1.165) is 5.56 Å². The number of hydrogen-bond acceptors (Lipinski definition) is 3. The summed E-state index contributed by atoms with van der Waals surface area (Å²) in [5, 5.41) is 9.51. The molecular weight excluding hydrogens is 203 g/mol. The van der Waals surface area contributed by atoms with Crippen molar-refractivity contribution < 1.29 is 14.5 Å². The molecule has 0 saturated carbocycles. The molecule has 0 atom stereocenters. The molecule has 0 amide bonds. The SMILES string of the molecule is C=CCCC(=O)c1ccc2c(c1)B(O)OC2. The van der Waals surface area contributed by atoms with Crippen molar-refractivity contribution in [2.75, 3.05) is 0 Å². The van der Waals surface area contributed by atoms with Crippen LogP contribution in [-0.2, 0) is 11.3 Å². The third-order valence-electron chi connectivity index (χ3n) is 2.71. The van der Waals surface area contributed by atoms with E-state index < -0.39 is 7.12 Å². The van der Waals surface area contributed by atoms with Crippen LogP contribution in [0, 0.1) is 0 Å². The molecule has 4 heteroatoms. The van der Waals surface area contributed by atoms with Crippen molar-refractivity contribution in [2.45, 2.75) is 19.4 Å². The van der Waals surface area contributed by atoms with Gasteiger partial charge < -0.3 is 9.68 Å². The molecule has 2 rings (SSSR count). The van der Waals surface area contributed by atoms with Crippen LogP contribution in [0.3, 0.4) is 0 Å². The molecule has 1 heterocycles. The largest absolute Gasteiger partial charge is 0.491 e. The van der Waals surface area contributed by atoms with Gasteiger partial charge in [-0.25, -0.2) is 0 Å². The van der Waals surface area contributed by atoms with Gasteiger partial charge in [-0.15, -0.1) is 6.58 Å². The molecule has 1 N–H and O–H groups in total. The standard InChI is InChI=1S/C12H13BO3/c1-2-3-4-12(14)9-5-6-10-8-16-13(15)11(10)7-9/h2,5-7,15H,1,3-4,8H2. The average Bonchev–Trinajstić information content (AvgIpc) is 2.67. The zero-order valence-corrected chi connectivity index (χ0v) is 8.98. The first-order chi connectivity index (χ1) is 7.72. The number of allylic oxidation sites excluding steroid dienone is 1. The van der Waals surface area contributed by atoms with Gasteiger partial charge in [-0.2, -0.15) is 0 Å². The highest BCUT2D eigenvalue weighted by molar-refractivity contribution is 6.61. The summed E-state index contributed by atoms with van der Waals surface area (Å²) in [4.78, 5) is 11.7. The number of fused-ring (bicyclic) bond motifs is 1. The first-order valence-electron chi connectivity index (χ1n) is 5.29. The number of Topliss-reactive ketones (excluding diaryl/α,β-unsaturated/α-hetero) is 1. The van der Waals surface area contributed by atoms with Crippen LogP contribution in [0.2, 0.25) is 0 Å². The highest BCUT2D eigenvalue weighted by Crippen LogP contribution is 2.13. The smallest absolute Gasteiger partial charge is 0.423 e. The fourth-order valence-corrected chi connectivity index (χ4v) is 1.77. The number of carbonyl (C=O) groups excluding carboxylic acids is 1. The maximum absolute atomic E-state index is 11.7. The van der Waals surface area contributed by atoms with Gasteiger partial charge in [0.05, 0.1) is 6.61 Å². The van der Waals surface area contributed by atoms with Crippen LogP contribution in [0.15, 0.2) is 30.9 Å². The molecule has 82 valence electrons. The molecule has 0 radical (unpaired) electrons. The highest BCUT2D eigenvalue weighted by atomic mass is 16.5. The van der Waals surface area contributed by atoms with Gasteiger partial charge in [-0.3, -0.25) is 4.79 Å². The first-order valence-corrected chi connectivity index (χ1v) is 5.29. The molecule has 1 aliphatic rings. The van der Waals surface area contributed by atoms with E-state index in [1.807, 2.05) is 6.07 Å². The minimum absolute atomic E-state index is 0.0711. The predicted octanol–water partition coefficient (Wildman–Crippen LogP) is 1.05. The summed E-state index contributed by atoms with van der Waals surface area (Å²) in [6.45, 7) is 4.00. The van der Waals surface area contributed by atoms with Crippen LogP contribution >= 0.6 is 0 Å². The molecule has 16 heavy (non-hydrogen) atoms. The van der Waals surface area contributed by atoms with E-state index in [9.17, 15) is 9.82 Å². The Kier molecular flexibility index (Phi) is 3.22. The van der Waals surface area contributed by atoms with Crippen molar-refractivity contribution in [3.05, 3.63) is 42.0 Å². The average molecular weight is 216 g/mol. The fraction of sp³-hybridized carbons (Fsp3) is 0.250. The molecule has 0 fully saturated rings. The minimum Gasteiger partial charge on any atom is -0.423 e. The molecule has 1 aromatic carbocycles. The zero-order chi connectivity index (χ0) is 11.5. The number of carbonyl (C=O) groups is 1. The number of hydrogen-bond donors (Lipinski definition) is 1. The topological polar surface area (TPSA) is 46.5 Å². The molecule has 0 aromatic heterocycles. The van der Waals surface area contributed by atoms with Crippen LogP contribution in [0.5, 0.6) is 0 Å². The van der Waals surface area contributed by atoms with Crippen LogP contribution in [0.4, 0.5) is 0 Å². The normalized spacial score (nSPS) is 13.7. The molecule has 1 aromatic rings. The van der Waals surface area contributed by atoms with E-state index in [0.29, 0.717) is 30.5 Å². The first kappa shape index (κ1) is 11.1. The Morgan fingerprint density at radius 3 is 3.19 bits per heavy atom. The van der Waals surface area contributed by atoms with Crippen LogP contribution < -0.4 is 5.46 Å². The van der Waals surface area contributed by atoms with Gasteiger partial charge in [0.25, 0.3) is 0 Å². The lowest BCUT2D eigenvalue weighted by Gasteiger charge is -2.03. The van der Waals surface area contributed by atoms with Crippen molar-refractivity contribution in [2.24, 2.45) is 0 Å². The fourth-order valence-electron chi connectivity index (χ4n) is 1.77. The third-order valence-corrected chi connectivity index (χ3v) is 2.71. The van der Waals surface area contributed by atoms with Crippen LogP contribution in [0.1, 0.15) is 28.8 Å². The van der Waals surface area contributed by atoms with Crippen molar-refractivity contribution in [3.8, 4) is 0 Å². The summed E-state index contributed by atoms with van der Waals surface area (Å²) in [5.41, 5.74) is 2.29. The monoisotopic (exact) mass is 216 g/mol. The van der Waals surface area contributed by atoms with Gasteiger partial charge in [-0.05, 0) is 17.4 Å². The van der Waals surface area contributed by atoms with Crippen molar-refractivity contribution in [1.82, 2.24) is 0 Å². The molecule has 1 aliphatic heterocycles. The second kappa shape index (κ2) is 4.64. The molecule has 3 nitrogen and oxygen atoms in total. The van der Waals surface area contributed by atoms with Crippen molar-refractivity contribution in [3.63, 3.8) is 0 Å². The second-order valence-electron chi connectivity index (χ2n) is 3.83. The summed E-state index contributed by atoms with van der Waals surface area (Å²) in [6, 6.07) is 5.34. The number of ketones is 1. The quantitative estimate of drug-likeness (QED) is 0.465. The summed E-state index contributed by atoms with van der Waals surface area (Å²) < 4.78 is 5.07. The lowest BCUT2D eigenvalue weighted by Crippen LogP contribution is -2.28. The molecule has 0 spiro atoms. The van der Waals surface area contributed by atoms with Crippen molar-refractivity contribution >= 4 is 18.4 Å². The molecule has 0 unspecified atom stereocenters. The van der Waals surface area contributed by atoms with Gasteiger partial charge in [0.2, 0.25) is 0 Å². The van der Waals surface area contributed by atoms with Crippen molar-refractivity contribution in [1.29, 1.82) is 0 Å². The Balaban J connectivity index is 2.20. The van der Waals surface area contributed by atoms with Gasteiger partial charge >= 0.3 is 7.12 Å². The molecule has 0 aliphatic carbocycles. The summed E-state index contributed by atoms with van der Waals surface area (Å²) in [7, 11) is -0.887. The van der Waals surface area contributed by atoms with Gasteiger partial charge in [-0.1, -0.05) is 24.3 Å². The predicted molar refractivity (Wildman–Crippen MR) is 62.6 cm³/mol. The van der Waals surface area contributed by atoms with E-state index in [4.69, 9.17) is 4.65 Å². The Morgan fingerprint density at radius 1 is 1.62 bits per heavy atom. The number of rotatable bonds is 4. The summed E-state index contributed by atoms with van der Waals surface area (Å²) >= 11 is 0. The maximum atomic E-state index is 11.7. The summed E-state index contributed by atoms with van der Waals surface area (Å²) in [6.07, 6.45) is 2.86. The second-order valence-corrected chi connectivity index (χ2v) is 3.83. The Hall–Kier alpha value is -1.39. The van der Waals surface area contributed by atoms with Gasteiger partial charge in [0.15, 0.2) is 5.78 Å². The van der Waals surface area contributed by atoms with E-state index in [1.165, 1.54) is 0 Å². The Bertz CT molecular complexity index is 428. The highest BCUT2D eigenvalue weighted by Gasteiger charge is 2.27. The lowest BCUT2D eigenvalue weighted by molar-refractivity contribution is 0.0984. The zero-order valence-electron chi connectivity index (χ0n) is 8.98. The Morgan fingerprint density at radius 2 is 2.44 bits per heavy atom. The lowest BCUT2D eigenvalue weighted by atomic mass is 9.78. The Labute approximate surface area is 94.9 Å². The van der Waals surface area contributed by atoms with Gasteiger partial charge in [0, 0.05) is 12.0 Å². The minimum atomic E-state index is -0.887. The van der Waals surface area contributed by atoms with Gasteiger partial charge in [0.1, 0.15) is 0 Å². The van der Waals surface area contributed by atoms with Crippen LogP contribution in [0.25, 0.3) is 0 Å². The van der Waals surface area contributed by atoms with E-state index in [1.54, 1.807) is 18.2 Å². The molecular formula is C12H13BO3. The molecule has 0 bridgehead atoms. The van der Waals surface area contributed by atoms with E-state index >= 15 is 0 Å². The van der Waals surface area contributed by atoms with E-state index in [2.05, 4.69) is 6.58 Å². The number of benzene rings is 1. The summed E-state index contributed by atoms with van der Waals surface area (Å²) in [5.74, 6) is 0.0711. The van der Waals surface area contributed by atoms with E-state index in [-0.39, 0.29) is 5.78 Å². The third kappa shape index (κ3) is 2.08. The maximum Gasteiger partial charge on any atom is 0.491 e.